The SMILES string of the molecule is O=C(O)c1ccc(CN2CCC(c3ccccc3)CC2)cc1. The van der Waals surface area contributed by atoms with Crippen LogP contribution in [0.15, 0.2) is 54.6 Å². The molecule has 1 N–H and O–H groups in total. The first-order chi connectivity index (χ1) is 10.7. The lowest BCUT2D eigenvalue weighted by molar-refractivity contribution is 0.0697. The van der Waals surface area contributed by atoms with Crippen molar-refractivity contribution in [2.45, 2.75) is 25.3 Å². The molecule has 3 rings (SSSR count). The molecule has 0 bridgehead atoms. The number of benzene rings is 2. The molecule has 0 unspecified atom stereocenters. The highest BCUT2D eigenvalue weighted by atomic mass is 16.4. The molecule has 0 aliphatic carbocycles. The number of rotatable bonds is 4. The second-order valence-corrected chi connectivity index (χ2v) is 5.96. The molecule has 0 atom stereocenters. The number of hydrogen-bond acceptors (Lipinski definition) is 2. The predicted molar refractivity (Wildman–Crippen MR) is 87.1 cm³/mol. The first-order valence-corrected chi connectivity index (χ1v) is 7.82. The molecule has 22 heavy (non-hydrogen) atoms. The zero-order valence-electron chi connectivity index (χ0n) is 12.6. The fourth-order valence-corrected chi connectivity index (χ4v) is 3.16. The van der Waals surface area contributed by atoms with Gasteiger partial charge in [0.15, 0.2) is 0 Å². The molecule has 0 radical (unpaired) electrons. The van der Waals surface area contributed by atoms with Crippen LogP contribution in [0.5, 0.6) is 0 Å². The lowest BCUT2D eigenvalue weighted by atomic mass is 9.89. The summed E-state index contributed by atoms with van der Waals surface area (Å²) in [7, 11) is 0. The van der Waals surface area contributed by atoms with Gasteiger partial charge in [0.05, 0.1) is 5.56 Å². The van der Waals surface area contributed by atoms with Crippen LogP contribution in [0.4, 0.5) is 0 Å². The van der Waals surface area contributed by atoms with Crippen LogP contribution in [0.3, 0.4) is 0 Å². The minimum Gasteiger partial charge on any atom is -0.478 e. The number of aromatic carboxylic acids is 1. The maximum absolute atomic E-state index is 10.9. The summed E-state index contributed by atoms with van der Waals surface area (Å²) < 4.78 is 0. The van der Waals surface area contributed by atoms with Gasteiger partial charge >= 0.3 is 5.97 Å². The molecule has 0 spiro atoms. The quantitative estimate of drug-likeness (QED) is 0.933. The standard InChI is InChI=1S/C19H21NO2/c21-19(22)18-8-6-15(7-9-18)14-20-12-10-17(11-13-20)16-4-2-1-3-5-16/h1-9,17H,10-14H2,(H,21,22). The van der Waals surface area contributed by atoms with E-state index in [0.29, 0.717) is 11.5 Å². The van der Waals surface area contributed by atoms with Crippen LogP contribution in [0, 0.1) is 0 Å². The van der Waals surface area contributed by atoms with E-state index in [0.717, 1.165) is 19.6 Å². The number of likely N-dealkylation sites (tertiary alicyclic amines) is 1. The summed E-state index contributed by atoms with van der Waals surface area (Å²) in [4.78, 5) is 13.3. The lowest BCUT2D eigenvalue weighted by Crippen LogP contribution is -2.32. The summed E-state index contributed by atoms with van der Waals surface area (Å²) in [5.41, 5.74) is 2.99. The summed E-state index contributed by atoms with van der Waals surface area (Å²) in [5.74, 6) is -0.193. The van der Waals surface area contributed by atoms with E-state index in [1.165, 1.54) is 24.0 Å². The minimum atomic E-state index is -0.866. The molecule has 1 aliphatic heterocycles. The molecule has 0 saturated carbocycles. The minimum absolute atomic E-state index is 0.353. The third kappa shape index (κ3) is 3.55. The monoisotopic (exact) mass is 295 g/mol. The van der Waals surface area contributed by atoms with E-state index in [-0.39, 0.29) is 0 Å². The molecule has 2 aromatic rings. The van der Waals surface area contributed by atoms with Crippen molar-refractivity contribution in [2.75, 3.05) is 13.1 Å². The highest BCUT2D eigenvalue weighted by Crippen LogP contribution is 2.28. The maximum Gasteiger partial charge on any atom is 0.335 e. The van der Waals surface area contributed by atoms with E-state index in [2.05, 4.69) is 35.2 Å². The average Bonchev–Trinajstić information content (AvgIpc) is 2.57. The maximum atomic E-state index is 10.9. The zero-order chi connectivity index (χ0) is 15.4. The Bertz CT molecular complexity index is 614. The van der Waals surface area contributed by atoms with E-state index in [9.17, 15) is 4.79 Å². The van der Waals surface area contributed by atoms with E-state index in [1.54, 1.807) is 12.1 Å². The smallest absolute Gasteiger partial charge is 0.335 e. The average molecular weight is 295 g/mol. The van der Waals surface area contributed by atoms with Gasteiger partial charge in [-0.1, -0.05) is 42.5 Å². The van der Waals surface area contributed by atoms with E-state index < -0.39 is 5.97 Å². The molecule has 0 aromatic heterocycles. The van der Waals surface area contributed by atoms with Crippen LogP contribution < -0.4 is 0 Å². The Morgan fingerprint density at radius 2 is 1.64 bits per heavy atom. The van der Waals surface area contributed by atoms with Gasteiger partial charge in [-0.25, -0.2) is 4.79 Å². The van der Waals surface area contributed by atoms with Crippen LogP contribution in [0.2, 0.25) is 0 Å². The molecule has 114 valence electrons. The zero-order valence-corrected chi connectivity index (χ0v) is 12.6. The third-order valence-corrected chi connectivity index (χ3v) is 4.47. The van der Waals surface area contributed by atoms with Gasteiger partial charge in [0, 0.05) is 6.54 Å². The Morgan fingerprint density at radius 1 is 1.00 bits per heavy atom. The Kier molecular flexibility index (Phi) is 4.54. The van der Waals surface area contributed by atoms with Crippen molar-refractivity contribution in [3.63, 3.8) is 0 Å². The molecule has 3 heteroatoms. The van der Waals surface area contributed by atoms with Crippen molar-refractivity contribution in [1.82, 2.24) is 4.90 Å². The van der Waals surface area contributed by atoms with Crippen LogP contribution in [0.1, 0.15) is 40.2 Å². The molecule has 1 saturated heterocycles. The second-order valence-electron chi connectivity index (χ2n) is 5.96. The van der Waals surface area contributed by atoms with E-state index in [4.69, 9.17) is 5.11 Å². The fraction of sp³-hybridized carbons (Fsp3) is 0.316. The summed E-state index contributed by atoms with van der Waals surface area (Å²) in [6, 6.07) is 18.0. The van der Waals surface area contributed by atoms with Crippen molar-refractivity contribution in [1.29, 1.82) is 0 Å². The van der Waals surface area contributed by atoms with Crippen LogP contribution in [-0.4, -0.2) is 29.1 Å². The van der Waals surface area contributed by atoms with Crippen molar-refractivity contribution < 1.29 is 9.90 Å². The molecular weight excluding hydrogens is 274 g/mol. The molecule has 1 aliphatic rings. The lowest BCUT2D eigenvalue weighted by Gasteiger charge is -2.32. The third-order valence-electron chi connectivity index (χ3n) is 4.47. The summed E-state index contributed by atoms with van der Waals surface area (Å²) in [5, 5.41) is 8.92. The normalized spacial score (nSPS) is 16.5. The van der Waals surface area contributed by atoms with Crippen molar-refractivity contribution in [3.8, 4) is 0 Å². The topological polar surface area (TPSA) is 40.5 Å². The van der Waals surface area contributed by atoms with Crippen LogP contribution in [-0.2, 0) is 6.54 Å². The Labute approximate surface area is 131 Å². The molecule has 3 nitrogen and oxygen atoms in total. The van der Waals surface area contributed by atoms with Gasteiger partial charge in [0.2, 0.25) is 0 Å². The number of hydrogen-bond donors (Lipinski definition) is 1. The van der Waals surface area contributed by atoms with Crippen molar-refractivity contribution in [2.24, 2.45) is 0 Å². The first kappa shape index (κ1) is 14.8. The number of piperidine rings is 1. The van der Waals surface area contributed by atoms with Gasteiger partial charge in [-0.15, -0.1) is 0 Å². The molecule has 2 aromatic carbocycles. The number of carbonyl (C=O) groups is 1. The summed E-state index contributed by atoms with van der Waals surface area (Å²) in [6.45, 7) is 3.10. The summed E-state index contributed by atoms with van der Waals surface area (Å²) in [6.07, 6.45) is 2.38. The molecule has 1 heterocycles. The highest BCUT2D eigenvalue weighted by Gasteiger charge is 2.20. The fourth-order valence-electron chi connectivity index (χ4n) is 3.16. The van der Waals surface area contributed by atoms with Crippen molar-refractivity contribution >= 4 is 5.97 Å². The van der Waals surface area contributed by atoms with Gasteiger partial charge in [0.25, 0.3) is 0 Å². The first-order valence-electron chi connectivity index (χ1n) is 7.82. The number of carboxylic acid groups (broad SMARTS) is 1. The number of nitrogens with zero attached hydrogens (tertiary/aromatic N) is 1. The number of carboxylic acids is 1. The van der Waals surface area contributed by atoms with Crippen LogP contribution in [0.25, 0.3) is 0 Å². The molecule has 1 fully saturated rings. The van der Waals surface area contributed by atoms with E-state index in [1.807, 2.05) is 12.1 Å². The Hall–Kier alpha value is -2.13. The Morgan fingerprint density at radius 3 is 2.23 bits per heavy atom. The van der Waals surface area contributed by atoms with Crippen LogP contribution >= 0.6 is 0 Å². The van der Waals surface area contributed by atoms with Gasteiger partial charge in [-0.05, 0) is 55.1 Å². The van der Waals surface area contributed by atoms with E-state index >= 15 is 0 Å². The molecular formula is C19H21NO2. The van der Waals surface area contributed by atoms with Crippen molar-refractivity contribution in [3.05, 3.63) is 71.3 Å². The van der Waals surface area contributed by atoms with Gasteiger partial charge in [-0.2, -0.15) is 0 Å². The van der Waals surface area contributed by atoms with Gasteiger partial charge < -0.3 is 5.11 Å². The highest BCUT2D eigenvalue weighted by molar-refractivity contribution is 5.87. The molecule has 0 amide bonds. The second kappa shape index (κ2) is 6.75. The van der Waals surface area contributed by atoms with Gasteiger partial charge in [0.1, 0.15) is 0 Å². The van der Waals surface area contributed by atoms with Gasteiger partial charge in [-0.3, -0.25) is 4.90 Å². The predicted octanol–water partition coefficient (Wildman–Crippen LogP) is 3.76. The largest absolute Gasteiger partial charge is 0.478 e. The summed E-state index contributed by atoms with van der Waals surface area (Å²) >= 11 is 0. The Balaban J connectivity index is 1.54.